The van der Waals surface area contributed by atoms with E-state index >= 15 is 0 Å². The number of benzene rings is 1. The number of carboxylic acid groups (broad SMARTS) is 1. The Morgan fingerprint density at radius 1 is 1.17 bits per heavy atom. The van der Waals surface area contributed by atoms with Crippen LogP contribution in [0.25, 0.3) is 0 Å². The number of nitrogens with zero attached hydrogens (tertiary/aromatic N) is 1. The predicted octanol–water partition coefficient (Wildman–Crippen LogP) is 2.35. The van der Waals surface area contributed by atoms with E-state index in [0.717, 1.165) is 0 Å². The quantitative estimate of drug-likeness (QED) is 0.573. The molecule has 0 aliphatic rings. The number of rotatable bonds is 6. The van der Waals surface area contributed by atoms with Crippen molar-refractivity contribution in [3.05, 3.63) is 52.1 Å². The van der Waals surface area contributed by atoms with Crippen LogP contribution in [0.3, 0.4) is 0 Å². The van der Waals surface area contributed by atoms with Crippen molar-refractivity contribution in [3.63, 3.8) is 0 Å². The largest absolute Gasteiger partial charge is 0.480 e. The summed E-state index contributed by atoms with van der Waals surface area (Å²) in [4.78, 5) is 36.5. The molecular formula is C21H26FN3O5. The van der Waals surface area contributed by atoms with Crippen LogP contribution in [0.2, 0.25) is 0 Å². The number of aliphatic hydroxyl groups is 1. The minimum absolute atomic E-state index is 0.173. The lowest BCUT2D eigenvalue weighted by Crippen LogP contribution is -2.51. The number of aromatic nitrogens is 1. The molecule has 0 radical (unpaired) electrons. The van der Waals surface area contributed by atoms with E-state index in [2.05, 4.69) is 10.6 Å². The Balaban J connectivity index is 2.35. The van der Waals surface area contributed by atoms with Gasteiger partial charge in [0.05, 0.1) is 11.3 Å². The molecule has 4 N–H and O–H groups in total. The summed E-state index contributed by atoms with van der Waals surface area (Å²) in [5, 5.41) is 24.7. The Kier molecular flexibility index (Phi) is 6.36. The second kappa shape index (κ2) is 8.27. The summed E-state index contributed by atoms with van der Waals surface area (Å²) in [6.07, 6.45) is -1.68. The second-order valence-electron chi connectivity index (χ2n) is 7.77. The number of aliphatic hydroxyl groups excluding tert-OH is 1. The molecule has 2 aromatic rings. The van der Waals surface area contributed by atoms with Crippen LogP contribution in [-0.4, -0.2) is 38.1 Å². The first-order valence-electron chi connectivity index (χ1n) is 9.24. The molecule has 1 unspecified atom stereocenters. The van der Waals surface area contributed by atoms with E-state index in [9.17, 15) is 29.0 Å². The van der Waals surface area contributed by atoms with Crippen molar-refractivity contribution in [3.8, 4) is 0 Å². The molecule has 1 heterocycles. The first-order chi connectivity index (χ1) is 13.8. The van der Waals surface area contributed by atoms with Gasteiger partial charge < -0.3 is 25.4 Å². The van der Waals surface area contributed by atoms with Gasteiger partial charge in [-0.2, -0.15) is 0 Å². The fraction of sp³-hybridized carbons (Fsp3) is 0.381. The molecule has 2 amide bonds. The number of aliphatic carboxylic acids is 1. The molecule has 2 rings (SSSR count). The number of hydrogen-bond acceptors (Lipinski definition) is 4. The Hall–Kier alpha value is -3.20. The summed E-state index contributed by atoms with van der Waals surface area (Å²) in [6, 6.07) is 4.18. The summed E-state index contributed by atoms with van der Waals surface area (Å²) >= 11 is 0. The van der Waals surface area contributed by atoms with Gasteiger partial charge >= 0.3 is 5.97 Å². The average Bonchev–Trinajstić information content (AvgIpc) is 2.86. The van der Waals surface area contributed by atoms with Crippen molar-refractivity contribution in [1.82, 2.24) is 9.88 Å². The Morgan fingerprint density at radius 2 is 1.77 bits per heavy atom. The highest BCUT2D eigenvalue weighted by molar-refractivity contribution is 6.06. The van der Waals surface area contributed by atoms with Crippen LogP contribution in [0, 0.1) is 26.6 Å². The molecule has 0 saturated carbocycles. The van der Waals surface area contributed by atoms with Crippen molar-refractivity contribution in [2.75, 3.05) is 5.32 Å². The highest BCUT2D eigenvalue weighted by atomic mass is 19.1. The normalized spacial score (nSPS) is 12.4. The number of nitrogens with one attached hydrogen (secondary N) is 2. The minimum atomic E-state index is -1.68. The molecule has 9 heteroatoms. The zero-order chi connectivity index (χ0) is 23.0. The number of hydrogen-bond donors (Lipinski definition) is 4. The average molecular weight is 419 g/mol. The van der Waals surface area contributed by atoms with Crippen LogP contribution in [0.1, 0.15) is 52.8 Å². The first-order valence-corrected chi connectivity index (χ1v) is 9.24. The van der Waals surface area contributed by atoms with E-state index in [1.54, 1.807) is 27.8 Å². The minimum Gasteiger partial charge on any atom is -0.480 e. The van der Waals surface area contributed by atoms with Gasteiger partial charge in [-0.3, -0.25) is 9.59 Å². The first kappa shape index (κ1) is 23.1. The number of anilines is 1. The van der Waals surface area contributed by atoms with E-state index < -0.39 is 29.4 Å². The van der Waals surface area contributed by atoms with Crippen LogP contribution in [-0.2, 0) is 16.6 Å². The third kappa shape index (κ3) is 4.35. The standard InChI is InChI=1S/C21H26FN3O5/c1-10-9-13(7-8-14(10)22)23-18(27)15-11(2)16(25(6)12(15)3)17(26)19(28)24-21(4,5)20(29)30/h7-9,17,26H,1-6H3,(H,23,27)(H,24,28)(H,29,30). The van der Waals surface area contributed by atoms with Crippen LogP contribution in [0.15, 0.2) is 18.2 Å². The van der Waals surface area contributed by atoms with Gasteiger partial charge in [0.1, 0.15) is 11.4 Å². The van der Waals surface area contributed by atoms with Crippen molar-refractivity contribution in [2.45, 2.75) is 46.3 Å². The topological polar surface area (TPSA) is 121 Å². The lowest BCUT2D eigenvalue weighted by atomic mass is 10.0. The van der Waals surface area contributed by atoms with Gasteiger partial charge in [0.25, 0.3) is 11.8 Å². The van der Waals surface area contributed by atoms with Crippen molar-refractivity contribution < 1.29 is 29.0 Å². The number of carbonyl (C=O) groups excluding carboxylic acids is 2. The Bertz CT molecular complexity index is 1030. The highest BCUT2D eigenvalue weighted by Gasteiger charge is 2.34. The molecule has 0 aliphatic heterocycles. The summed E-state index contributed by atoms with van der Waals surface area (Å²) in [7, 11) is 1.59. The number of halogens is 1. The predicted molar refractivity (Wildman–Crippen MR) is 109 cm³/mol. The monoisotopic (exact) mass is 419 g/mol. The Labute approximate surface area is 173 Å². The fourth-order valence-corrected chi connectivity index (χ4v) is 3.19. The van der Waals surface area contributed by atoms with Gasteiger partial charge in [0.2, 0.25) is 0 Å². The molecule has 162 valence electrons. The zero-order valence-electron chi connectivity index (χ0n) is 17.8. The summed E-state index contributed by atoms with van der Waals surface area (Å²) in [5.41, 5.74) is 0.524. The molecule has 0 saturated heterocycles. The SMILES string of the molecule is Cc1cc(NC(=O)c2c(C)c(C(O)C(=O)NC(C)(C)C(=O)O)n(C)c2C)ccc1F. The maximum atomic E-state index is 13.5. The maximum Gasteiger partial charge on any atom is 0.328 e. The van der Waals surface area contributed by atoms with E-state index in [1.807, 2.05) is 0 Å². The zero-order valence-corrected chi connectivity index (χ0v) is 17.8. The molecular weight excluding hydrogens is 393 g/mol. The van der Waals surface area contributed by atoms with Crippen LogP contribution < -0.4 is 10.6 Å². The van der Waals surface area contributed by atoms with Crippen molar-refractivity contribution >= 4 is 23.5 Å². The van der Waals surface area contributed by atoms with E-state index in [4.69, 9.17) is 0 Å². The number of amides is 2. The van der Waals surface area contributed by atoms with E-state index in [1.165, 1.54) is 36.6 Å². The van der Waals surface area contributed by atoms with Crippen LogP contribution in [0.4, 0.5) is 10.1 Å². The smallest absolute Gasteiger partial charge is 0.328 e. The fourth-order valence-electron chi connectivity index (χ4n) is 3.19. The molecule has 0 bridgehead atoms. The van der Waals surface area contributed by atoms with Gasteiger partial charge in [-0.15, -0.1) is 0 Å². The molecule has 0 fully saturated rings. The number of aryl methyl sites for hydroxylation is 1. The van der Waals surface area contributed by atoms with Gasteiger partial charge in [-0.25, -0.2) is 9.18 Å². The molecule has 1 atom stereocenters. The van der Waals surface area contributed by atoms with E-state index in [-0.39, 0.29) is 17.1 Å². The van der Waals surface area contributed by atoms with E-state index in [0.29, 0.717) is 22.5 Å². The molecule has 1 aromatic carbocycles. The van der Waals surface area contributed by atoms with Gasteiger partial charge in [0, 0.05) is 18.4 Å². The Morgan fingerprint density at radius 3 is 2.30 bits per heavy atom. The second-order valence-corrected chi connectivity index (χ2v) is 7.77. The van der Waals surface area contributed by atoms with Gasteiger partial charge in [-0.1, -0.05) is 0 Å². The number of carbonyl (C=O) groups is 3. The molecule has 0 aliphatic carbocycles. The molecule has 1 aromatic heterocycles. The maximum absolute atomic E-state index is 13.5. The third-order valence-corrected chi connectivity index (χ3v) is 5.11. The van der Waals surface area contributed by atoms with Gasteiger partial charge in [0.15, 0.2) is 6.10 Å². The number of carboxylic acids is 1. The molecule has 8 nitrogen and oxygen atoms in total. The molecule has 30 heavy (non-hydrogen) atoms. The van der Waals surface area contributed by atoms with Crippen molar-refractivity contribution in [2.24, 2.45) is 7.05 Å². The summed E-state index contributed by atoms with van der Waals surface area (Å²) < 4.78 is 15.0. The van der Waals surface area contributed by atoms with Crippen LogP contribution >= 0.6 is 0 Å². The lowest BCUT2D eigenvalue weighted by molar-refractivity contribution is -0.147. The van der Waals surface area contributed by atoms with Gasteiger partial charge in [-0.05, 0) is 63.9 Å². The third-order valence-electron chi connectivity index (χ3n) is 5.11. The lowest BCUT2D eigenvalue weighted by Gasteiger charge is -2.23. The van der Waals surface area contributed by atoms with Crippen molar-refractivity contribution in [1.29, 1.82) is 0 Å². The van der Waals surface area contributed by atoms with Crippen LogP contribution in [0.5, 0.6) is 0 Å². The summed E-state index contributed by atoms with van der Waals surface area (Å²) in [5.74, 6) is -3.01. The highest BCUT2D eigenvalue weighted by Crippen LogP contribution is 2.28. The molecule has 0 spiro atoms. The summed E-state index contributed by atoms with van der Waals surface area (Å²) in [6.45, 7) is 7.42.